The van der Waals surface area contributed by atoms with E-state index in [0.717, 1.165) is 57.5 Å². The fourth-order valence-corrected chi connectivity index (χ4v) is 5.62. The van der Waals surface area contributed by atoms with Gasteiger partial charge < -0.3 is 8.85 Å². The monoisotopic (exact) mass is 404 g/mol. The second kappa shape index (κ2) is 19.9. The molecular weight excluding hydrogens is 360 g/mol. The molecule has 0 aliphatic carbocycles. The van der Waals surface area contributed by atoms with E-state index in [4.69, 9.17) is 8.85 Å². The van der Waals surface area contributed by atoms with E-state index in [1.807, 2.05) is 0 Å². The molecule has 0 fully saturated rings. The lowest BCUT2D eigenvalue weighted by Crippen LogP contribution is -2.29. The minimum Gasteiger partial charge on any atom is -0.396 e. The van der Waals surface area contributed by atoms with E-state index in [1.54, 1.807) is 0 Å². The molecule has 0 heterocycles. The molecule has 0 spiro atoms. The minimum absolute atomic E-state index is 0.376. The predicted octanol–water partition coefficient (Wildman–Crippen LogP) is 6.63. The molecule has 0 amide bonds. The first-order chi connectivity index (χ1) is 12.7. The van der Waals surface area contributed by atoms with Crippen molar-refractivity contribution in [3.63, 3.8) is 0 Å². The topological polar surface area (TPSA) is 35.5 Å². The van der Waals surface area contributed by atoms with Crippen molar-refractivity contribution in [3.8, 4) is 0 Å². The van der Waals surface area contributed by atoms with Crippen LogP contribution in [0, 0.1) is 0 Å². The Hall–Kier alpha value is 0.157. The number of unbranched alkanes of at least 4 members (excludes halogenated alkanes) is 6. The SMILES string of the molecule is CCCCCCCC(=O)SCCCC(C)[SiH](OCCCC)OCCCC. The molecule has 26 heavy (non-hydrogen) atoms. The van der Waals surface area contributed by atoms with Gasteiger partial charge in [-0.1, -0.05) is 78.0 Å². The lowest BCUT2D eigenvalue weighted by atomic mass is 10.1. The van der Waals surface area contributed by atoms with Crippen molar-refractivity contribution in [2.75, 3.05) is 19.0 Å². The molecule has 1 unspecified atom stereocenters. The van der Waals surface area contributed by atoms with Crippen molar-refractivity contribution in [1.29, 1.82) is 0 Å². The van der Waals surface area contributed by atoms with Crippen LogP contribution in [0.2, 0.25) is 5.54 Å². The van der Waals surface area contributed by atoms with E-state index in [1.165, 1.54) is 50.3 Å². The van der Waals surface area contributed by atoms with Crippen LogP contribution in [0.4, 0.5) is 0 Å². The summed E-state index contributed by atoms with van der Waals surface area (Å²) >= 11 is 1.53. The zero-order chi connectivity index (χ0) is 19.5. The third-order valence-electron chi connectivity index (χ3n) is 4.58. The molecule has 0 aromatic rings. The molecule has 3 nitrogen and oxygen atoms in total. The van der Waals surface area contributed by atoms with Crippen LogP contribution in [-0.2, 0) is 13.6 Å². The summed E-state index contributed by atoms with van der Waals surface area (Å²) in [5.41, 5.74) is 0.522. The molecule has 0 rings (SSSR count). The Morgan fingerprint density at radius 1 is 0.846 bits per heavy atom. The molecular formula is C21H44O3SSi. The highest BCUT2D eigenvalue weighted by molar-refractivity contribution is 8.13. The molecule has 0 radical (unpaired) electrons. The maximum absolute atomic E-state index is 11.9. The van der Waals surface area contributed by atoms with Gasteiger partial charge in [-0.2, -0.15) is 0 Å². The van der Waals surface area contributed by atoms with Crippen molar-refractivity contribution >= 4 is 26.2 Å². The normalized spacial score (nSPS) is 12.7. The fourth-order valence-electron chi connectivity index (χ4n) is 2.74. The van der Waals surface area contributed by atoms with Crippen LogP contribution in [0.25, 0.3) is 0 Å². The summed E-state index contributed by atoms with van der Waals surface area (Å²) in [4.78, 5) is 11.9. The summed E-state index contributed by atoms with van der Waals surface area (Å²) in [6.45, 7) is 10.6. The summed E-state index contributed by atoms with van der Waals surface area (Å²) in [7, 11) is -1.58. The van der Waals surface area contributed by atoms with E-state index in [0.29, 0.717) is 10.7 Å². The minimum atomic E-state index is -1.58. The molecule has 0 saturated carbocycles. The van der Waals surface area contributed by atoms with Crippen molar-refractivity contribution in [3.05, 3.63) is 0 Å². The van der Waals surface area contributed by atoms with Crippen LogP contribution in [-0.4, -0.2) is 33.4 Å². The third-order valence-corrected chi connectivity index (χ3v) is 7.99. The smallest absolute Gasteiger partial charge is 0.324 e. The number of hydrogen-bond donors (Lipinski definition) is 0. The highest BCUT2D eigenvalue weighted by atomic mass is 32.2. The Morgan fingerprint density at radius 3 is 2.00 bits per heavy atom. The number of carbonyl (C=O) groups excluding carboxylic acids is 1. The van der Waals surface area contributed by atoms with Crippen molar-refractivity contribution in [1.82, 2.24) is 0 Å². The average Bonchev–Trinajstić information content (AvgIpc) is 2.64. The van der Waals surface area contributed by atoms with Crippen LogP contribution >= 0.6 is 11.8 Å². The summed E-state index contributed by atoms with van der Waals surface area (Å²) in [6, 6.07) is 0. The van der Waals surface area contributed by atoms with Gasteiger partial charge in [0, 0.05) is 25.4 Å². The standard InChI is InChI=1S/C21H44O3SSi/c1-5-8-11-12-13-16-21(22)25-19-14-15-20(4)26(23-17-9-6-2)24-18-10-7-3/h20,26H,5-19H2,1-4H3. The summed E-state index contributed by atoms with van der Waals surface area (Å²) in [5, 5.41) is 0.376. The number of hydrogen-bond acceptors (Lipinski definition) is 4. The predicted molar refractivity (Wildman–Crippen MR) is 118 cm³/mol. The van der Waals surface area contributed by atoms with Gasteiger partial charge in [0.2, 0.25) is 0 Å². The van der Waals surface area contributed by atoms with Gasteiger partial charge in [-0.15, -0.1) is 0 Å². The van der Waals surface area contributed by atoms with Crippen LogP contribution < -0.4 is 0 Å². The Balaban J connectivity index is 3.86. The first kappa shape index (κ1) is 26.2. The molecule has 5 heteroatoms. The van der Waals surface area contributed by atoms with Gasteiger partial charge in [0.15, 0.2) is 5.12 Å². The van der Waals surface area contributed by atoms with E-state index in [-0.39, 0.29) is 0 Å². The van der Waals surface area contributed by atoms with Gasteiger partial charge in [0.25, 0.3) is 0 Å². The summed E-state index contributed by atoms with van der Waals surface area (Å²) in [6.07, 6.45) is 13.6. The fraction of sp³-hybridized carbons (Fsp3) is 0.952. The Morgan fingerprint density at radius 2 is 1.42 bits per heavy atom. The maximum atomic E-state index is 11.9. The van der Waals surface area contributed by atoms with Crippen molar-refractivity contribution in [2.45, 2.75) is 110 Å². The first-order valence-electron chi connectivity index (χ1n) is 11.0. The third kappa shape index (κ3) is 16.3. The molecule has 0 saturated heterocycles. The van der Waals surface area contributed by atoms with Gasteiger partial charge in [-0.25, -0.2) is 0 Å². The van der Waals surface area contributed by atoms with Crippen molar-refractivity contribution in [2.24, 2.45) is 0 Å². The Kier molecular flexibility index (Phi) is 20.0. The zero-order valence-electron chi connectivity index (χ0n) is 17.9. The van der Waals surface area contributed by atoms with Crippen LogP contribution in [0.1, 0.15) is 105 Å². The molecule has 0 aromatic carbocycles. The van der Waals surface area contributed by atoms with Crippen LogP contribution in [0.15, 0.2) is 0 Å². The van der Waals surface area contributed by atoms with Gasteiger partial charge >= 0.3 is 9.28 Å². The number of rotatable bonds is 19. The lowest BCUT2D eigenvalue weighted by molar-refractivity contribution is -0.111. The van der Waals surface area contributed by atoms with Crippen molar-refractivity contribution < 1.29 is 13.6 Å². The quantitative estimate of drug-likeness (QED) is 0.179. The van der Waals surface area contributed by atoms with Crippen LogP contribution in [0.3, 0.4) is 0 Å². The zero-order valence-corrected chi connectivity index (χ0v) is 19.9. The number of thioether (sulfide) groups is 1. The summed E-state index contributed by atoms with van der Waals surface area (Å²) < 4.78 is 12.2. The highest BCUT2D eigenvalue weighted by Crippen LogP contribution is 2.22. The van der Waals surface area contributed by atoms with E-state index < -0.39 is 9.28 Å². The molecule has 0 aromatic heterocycles. The highest BCUT2D eigenvalue weighted by Gasteiger charge is 2.22. The van der Waals surface area contributed by atoms with Gasteiger partial charge in [-0.05, 0) is 37.6 Å². The molecule has 156 valence electrons. The summed E-state index contributed by atoms with van der Waals surface area (Å²) in [5.74, 6) is 0.948. The Labute approximate surface area is 169 Å². The lowest BCUT2D eigenvalue weighted by Gasteiger charge is -2.22. The molecule has 0 N–H and O–H groups in total. The second-order valence-electron chi connectivity index (χ2n) is 7.32. The van der Waals surface area contributed by atoms with E-state index >= 15 is 0 Å². The van der Waals surface area contributed by atoms with Gasteiger partial charge in [0.1, 0.15) is 0 Å². The second-order valence-corrected chi connectivity index (χ2v) is 11.0. The van der Waals surface area contributed by atoms with E-state index in [2.05, 4.69) is 27.7 Å². The van der Waals surface area contributed by atoms with Gasteiger partial charge in [0.05, 0.1) is 0 Å². The Bertz CT molecular complexity index is 306. The molecule has 1 atom stereocenters. The van der Waals surface area contributed by atoms with E-state index in [9.17, 15) is 4.79 Å². The van der Waals surface area contributed by atoms with Gasteiger partial charge in [-0.3, -0.25) is 4.79 Å². The molecule has 0 aliphatic heterocycles. The molecule has 0 aliphatic rings. The first-order valence-corrected chi connectivity index (χ1v) is 13.6. The molecule has 0 bridgehead atoms. The largest absolute Gasteiger partial charge is 0.396 e. The maximum Gasteiger partial charge on any atom is 0.324 e. The van der Waals surface area contributed by atoms with Crippen LogP contribution in [0.5, 0.6) is 0 Å². The number of carbonyl (C=O) groups is 1. The average molecular weight is 405 g/mol.